The Morgan fingerprint density at radius 1 is 1.04 bits per heavy atom. The summed E-state index contributed by atoms with van der Waals surface area (Å²) in [5.74, 6) is 0. The van der Waals surface area contributed by atoms with Crippen LogP contribution in [0.25, 0.3) is 11.4 Å². The van der Waals surface area contributed by atoms with Crippen molar-refractivity contribution in [3.8, 4) is 5.69 Å². The molecule has 0 saturated heterocycles. The quantitative estimate of drug-likeness (QED) is 0.758. The monoisotopic (exact) mass is 318 g/mol. The number of nitrogens with one attached hydrogen (secondary N) is 1. The molecule has 1 aromatic heterocycles. The Morgan fingerprint density at radius 2 is 1.71 bits per heavy atom. The Kier molecular flexibility index (Phi) is 4.84. The van der Waals surface area contributed by atoms with Gasteiger partial charge in [-0.05, 0) is 30.3 Å². The molecule has 3 N–H and O–H groups in total. The van der Waals surface area contributed by atoms with Gasteiger partial charge in [-0.15, -0.1) is 0 Å². The second-order valence-electron chi connectivity index (χ2n) is 5.15. The van der Waals surface area contributed by atoms with E-state index < -0.39 is 0 Å². The summed E-state index contributed by atoms with van der Waals surface area (Å²) >= 11 is 0. The van der Waals surface area contributed by atoms with Crippen molar-refractivity contribution in [1.29, 1.82) is 0 Å². The van der Waals surface area contributed by atoms with Crippen molar-refractivity contribution in [3.63, 3.8) is 0 Å². The molecule has 0 unspecified atom stereocenters. The Labute approximate surface area is 140 Å². The predicted molar refractivity (Wildman–Crippen MR) is 96.9 cm³/mol. The first-order valence-electron chi connectivity index (χ1n) is 7.66. The number of para-hydroxylation sites is 2. The van der Waals surface area contributed by atoms with Gasteiger partial charge in [0.05, 0.1) is 11.4 Å². The molecule has 24 heavy (non-hydrogen) atoms. The molecule has 120 valence electrons. The first-order valence-corrected chi connectivity index (χ1v) is 7.66. The van der Waals surface area contributed by atoms with Crippen LogP contribution in [-0.2, 0) is 0 Å². The summed E-state index contributed by atoms with van der Waals surface area (Å²) in [6, 6.07) is 20.8. The molecule has 5 nitrogen and oxygen atoms in total. The molecule has 0 fully saturated rings. The van der Waals surface area contributed by atoms with Crippen molar-refractivity contribution < 1.29 is 0 Å². The average Bonchev–Trinajstić information content (AvgIpc) is 2.63. The van der Waals surface area contributed by atoms with E-state index in [0.29, 0.717) is 17.9 Å². The summed E-state index contributed by atoms with van der Waals surface area (Å²) in [5.41, 5.74) is 8.18. The molecule has 3 rings (SSSR count). The molecule has 0 atom stereocenters. The Morgan fingerprint density at radius 3 is 2.38 bits per heavy atom. The van der Waals surface area contributed by atoms with Gasteiger partial charge in [-0.25, -0.2) is 4.68 Å². The molecule has 2 aromatic carbocycles. The molecular weight excluding hydrogens is 300 g/mol. The molecule has 0 amide bonds. The molecule has 0 bridgehead atoms. The Balaban J connectivity index is 2.02. The Hall–Kier alpha value is -3.18. The minimum absolute atomic E-state index is 0.162. The van der Waals surface area contributed by atoms with Gasteiger partial charge < -0.3 is 11.1 Å². The van der Waals surface area contributed by atoms with E-state index in [1.807, 2.05) is 60.7 Å². The highest BCUT2D eigenvalue weighted by atomic mass is 16.1. The van der Waals surface area contributed by atoms with E-state index in [1.54, 1.807) is 17.0 Å². The van der Waals surface area contributed by atoms with Crippen LogP contribution in [0.1, 0.15) is 5.69 Å². The minimum Gasteiger partial charge on any atom is -0.354 e. The van der Waals surface area contributed by atoms with Crippen LogP contribution in [-0.4, -0.2) is 16.3 Å². The summed E-state index contributed by atoms with van der Waals surface area (Å²) < 4.78 is 1.67. The number of hydrogen-bond donors (Lipinski definition) is 2. The van der Waals surface area contributed by atoms with Crippen molar-refractivity contribution in [2.24, 2.45) is 5.73 Å². The van der Waals surface area contributed by atoms with E-state index in [0.717, 1.165) is 11.4 Å². The zero-order chi connectivity index (χ0) is 16.8. The molecule has 0 radical (unpaired) electrons. The van der Waals surface area contributed by atoms with Crippen molar-refractivity contribution in [2.45, 2.75) is 0 Å². The van der Waals surface area contributed by atoms with Crippen LogP contribution in [0.15, 0.2) is 83.8 Å². The number of aromatic nitrogens is 2. The van der Waals surface area contributed by atoms with Gasteiger partial charge in [-0.3, -0.25) is 4.79 Å². The van der Waals surface area contributed by atoms with E-state index in [-0.39, 0.29) is 5.43 Å². The summed E-state index contributed by atoms with van der Waals surface area (Å²) in [6.07, 6.45) is 3.41. The van der Waals surface area contributed by atoms with Crippen LogP contribution < -0.4 is 16.5 Å². The SMILES string of the molecule is NC/C=C(\Nc1ccccc1)c1nn(-c2ccccc2)ccc1=O. The van der Waals surface area contributed by atoms with Gasteiger partial charge in [-0.1, -0.05) is 36.4 Å². The molecule has 0 spiro atoms. The predicted octanol–water partition coefficient (Wildman–Crippen LogP) is 2.64. The maximum atomic E-state index is 12.3. The van der Waals surface area contributed by atoms with E-state index in [2.05, 4.69) is 10.4 Å². The first kappa shape index (κ1) is 15.7. The van der Waals surface area contributed by atoms with Gasteiger partial charge >= 0.3 is 0 Å². The average molecular weight is 318 g/mol. The molecule has 1 heterocycles. The van der Waals surface area contributed by atoms with E-state index in [4.69, 9.17) is 5.73 Å². The highest BCUT2D eigenvalue weighted by Gasteiger charge is 2.10. The highest BCUT2D eigenvalue weighted by molar-refractivity contribution is 5.74. The number of nitrogens with two attached hydrogens (primary N) is 1. The van der Waals surface area contributed by atoms with Crippen LogP contribution in [0.3, 0.4) is 0 Å². The lowest BCUT2D eigenvalue weighted by atomic mass is 10.2. The van der Waals surface area contributed by atoms with Gasteiger partial charge in [0.1, 0.15) is 0 Å². The third kappa shape index (κ3) is 3.59. The fraction of sp³-hybridized carbons (Fsp3) is 0.0526. The molecule has 0 aliphatic heterocycles. The van der Waals surface area contributed by atoms with E-state index in [9.17, 15) is 4.79 Å². The first-order chi connectivity index (χ1) is 11.8. The zero-order valence-corrected chi connectivity index (χ0v) is 13.1. The highest BCUT2D eigenvalue weighted by Crippen LogP contribution is 2.15. The van der Waals surface area contributed by atoms with Gasteiger partial charge in [-0.2, -0.15) is 5.10 Å². The number of benzene rings is 2. The van der Waals surface area contributed by atoms with Crippen molar-refractivity contribution in [2.75, 3.05) is 11.9 Å². The van der Waals surface area contributed by atoms with E-state index in [1.165, 1.54) is 6.07 Å². The molecule has 0 aliphatic carbocycles. The second-order valence-corrected chi connectivity index (χ2v) is 5.15. The van der Waals surface area contributed by atoms with Crippen LogP contribution >= 0.6 is 0 Å². The van der Waals surface area contributed by atoms with Crippen molar-refractivity contribution >= 4 is 11.4 Å². The van der Waals surface area contributed by atoms with Gasteiger partial charge in [0.2, 0.25) is 5.43 Å². The van der Waals surface area contributed by atoms with Crippen LogP contribution in [0.5, 0.6) is 0 Å². The van der Waals surface area contributed by atoms with Gasteiger partial charge in [0.15, 0.2) is 5.69 Å². The minimum atomic E-state index is -0.162. The maximum Gasteiger partial charge on any atom is 0.209 e. The maximum absolute atomic E-state index is 12.3. The normalized spacial score (nSPS) is 11.3. The lowest BCUT2D eigenvalue weighted by molar-refractivity contribution is 0.825. The lowest BCUT2D eigenvalue weighted by Gasteiger charge is -2.12. The van der Waals surface area contributed by atoms with E-state index >= 15 is 0 Å². The number of hydrogen-bond acceptors (Lipinski definition) is 4. The third-order valence-corrected chi connectivity index (χ3v) is 3.46. The molecule has 5 heteroatoms. The summed E-state index contributed by atoms with van der Waals surface area (Å²) in [4.78, 5) is 12.3. The number of rotatable bonds is 5. The standard InChI is InChI=1S/C19H18N4O/c20-13-11-17(21-15-7-3-1-4-8-15)19-18(24)12-14-23(22-19)16-9-5-2-6-10-16/h1-12,14,21H,13,20H2/b17-11-. The molecule has 3 aromatic rings. The molecule has 0 saturated carbocycles. The fourth-order valence-corrected chi connectivity index (χ4v) is 2.32. The summed E-state index contributed by atoms with van der Waals surface area (Å²) in [5, 5.41) is 7.70. The van der Waals surface area contributed by atoms with Crippen LogP contribution in [0.2, 0.25) is 0 Å². The smallest absolute Gasteiger partial charge is 0.209 e. The second kappa shape index (κ2) is 7.39. The molecule has 0 aliphatic rings. The summed E-state index contributed by atoms with van der Waals surface area (Å²) in [7, 11) is 0. The van der Waals surface area contributed by atoms with Gasteiger partial charge in [0, 0.05) is 24.5 Å². The Bertz CT molecular complexity index is 886. The van der Waals surface area contributed by atoms with Crippen LogP contribution in [0.4, 0.5) is 5.69 Å². The molecular formula is C19H18N4O. The van der Waals surface area contributed by atoms with Crippen LogP contribution in [0, 0.1) is 0 Å². The number of anilines is 1. The fourth-order valence-electron chi connectivity index (χ4n) is 2.32. The summed E-state index contributed by atoms with van der Waals surface area (Å²) in [6.45, 7) is 0.302. The topological polar surface area (TPSA) is 72.9 Å². The zero-order valence-electron chi connectivity index (χ0n) is 13.1. The van der Waals surface area contributed by atoms with Crippen molar-refractivity contribution in [3.05, 3.63) is 94.9 Å². The van der Waals surface area contributed by atoms with Crippen molar-refractivity contribution in [1.82, 2.24) is 9.78 Å². The number of nitrogens with zero attached hydrogens (tertiary/aromatic N) is 2. The lowest BCUT2D eigenvalue weighted by Crippen LogP contribution is -2.19. The van der Waals surface area contributed by atoms with Gasteiger partial charge in [0.25, 0.3) is 0 Å². The third-order valence-electron chi connectivity index (χ3n) is 3.46. The largest absolute Gasteiger partial charge is 0.354 e.